The SMILES string of the molecule is CCC(CC)(CN)C(=O)N1CCC2NC(=O)CCC2C1. The lowest BCUT2D eigenvalue weighted by Crippen LogP contribution is -2.58. The van der Waals surface area contributed by atoms with Gasteiger partial charge in [-0.3, -0.25) is 9.59 Å². The molecule has 0 aliphatic carbocycles. The molecule has 0 bridgehead atoms. The van der Waals surface area contributed by atoms with Gasteiger partial charge in [-0.1, -0.05) is 13.8 Å². The number of nitrogens with one attached hydrogen (secondary N) is 1. The number of hydrogen-bond acceptors (Lipinski definition) is 3. The summed E-state index contributed by atoms with van der Waals surface area (Å²) in [6, 6.07) is 0.260. The fraction of sp³-hybridized carbons (Fsp3) is 0.867. The van der Waals surface area contributed by atoms with Crippen molar-refractivity contribution in [3.05, 3.63) is 0 Å². The number of nitrogens with zero attached hydrogens (tertiary/aromatic N) is 1. The summed E-state index contributed by atoms with van der Waals surface area (Å²) >= 11 is 0. The molecule has 0 aromatic rings. The first-order valence-corrected chi connectivity index (χ1v) is 7.85. The van der Waals surface area contributed by atoms with E-state index in [1.807, 2.05) is 18.7 Å². The Hall–Kier alpha value is -1.10. The van der Waals surface area contributed by atoms with E-state index in [1.54, 1.807) is 0 Å². The molecular formula is C15H27N3O2. The monoisotopic (exact) mass is 281 g/mol. The minimum atomic E-state index is -0.398. The molecule has 2 aliphatic heterocycles. The highest BCUT2D eigenvalue weighted by Gasteiger charge is 2.41. The van der Waals surface area contributed by atoms with Crippen LogP contribution in [0.15, 0.2) is 0 Å². The first-order valence-electron chi connectivity index (χ1n) is 7.85. The van der Waals surface area contributed by atoms with Crippen molar-refractivity contribution in [2.75, 3.05) is 19.6 Å². The Balaban J connectivity index is 2.04. The largest absolute Gasteiger partial charge is 0.353 e. The zero-order valence-electron chi connectivity index (χ0n) is 12.7. The van der Waals surface area contributed by atoms with Crippen molar-refractivity contribution in [3.8, 4) is 0 Å². The van der Waals surface area contributed by atoms with Crippen LogP contribution < -0.4 is 11.1 Å². The van der Waals surface area contributed by atoms with E-state index in [-0.39, 0.29) is 17.9 Å². The average molecular weight is 281 g/mol. The van der Waals surface area contributed by atoms with Gasteiger partial charge < -0.3 is 16.0 Å². The molecule has 0 aromatic carbocycles. The van der Waals surface area contributed by atoms with Gasteiger partial charge in [-0.15, -0.1) is 0 Å². The van der Waals surface area contributed by atoms with E-state index in [4.69, 9.17) is 5.73 Å². The van der Waals surface area contributed by atoms with Gasteiger partial charge in [0.05, 0.1) is 5.41 Å². The molecule has 0 aromatic heterocycles. The Kier molecular flexibility index (Phi) is 4.68. The lowest BCUT2D eigenvalue weighted by atomic mass is 9.79. The molecule has 0 spiro atoms. The maximum Gasteiger partial charge on any atom is 0.230 e. The summed E-state index contributed by atoms with van der Waals surface area (Å²) in [6.07, 6.45) is 3.94. The van der Waals surface area contributed by atoms with Crippen molar-refractivity contribution in [2.45, 2.75) is 52.0 Å². The lowest BCUT2D eigenvalue weighted by Gasteiger charge is -2.44. The van der Waals surface area contributed by atoms with Gasteiger partial charge in [-0.25, -0.2) is 0 Å². The predicted molar refractivity (Wildman–Crippen MR) is 77.9 cm³/mol. The molecule has 2 heterocycles. The highest BCUT2D eigenvalue weighted by molar-refractivity contribution is 5.83. The number of carbonyl (C=O) groups is 2. The van der Waals surface area contributed by atoms with Crippen molar-refractivity contribution >= 4 is 11.8 Å². The van der Waals surface area contributed by atoms with Gasteiger partial charge in [0.25, 0.3) is 0 Å². The van der Waals surface area contributed by atoms with Crippen molar-refractivity contribution in [1.29, 1.82) is 0 Å². The first kappa shape index (κ1) is 15.3. The number of carbonyl (C=O) groups excluding carboxylic acids is 2. The van der Waals surface area contributed by atoms with Gasteiger partial charge >= 0.3 is 0 Å². The number of fused-ring (bicyclic) bond motifs is 1. The number of hydrogen-bond donors (Lipinski definition) is 2. The molecule has 0 radical (unpaired) electrons. The standard InChI is InChI=1S/C15H27N3O2/c1-3-15(4-2,10-16)14(20)18-8-7-12-11(9-18)5-6-13(19)17-12/h11-12H,3-10,16H2,1-2H3,(H,17,19). The second-order valence-corrected chi connectivity index (χ2v) is 6.20. The Morgan fingerprint density at radius 1 is 1.40 bits per heavy atom. The van der Waals surface area contributed by atoms with E-state index in [1.165, 1.54) is 0 Å². The molecule has 2 rings (SSSR count). The average Bonchev–Trinajstić information content (AvgIpc) is 2.49. The Labute approximate surface area is 121 Å². The first-order chi connectivity index (χ1) is 9.56. The Morgan fingerprint density at radius 2 is 2.10 bits per heavy atom. The molecule has 2 amide bonds. The third kappa shape index (κ3) is 2.68. The van der Waals surface area contributed by atoms with Gasteiger partial charge in [-0.05, 0) is 31.6 Å². The molecular weight excluding hydrogens is 254 g/mol. The fourth-order valence-electron chi connectivity index (χ4n) is 3.56. The summed E-state index contributed by atoms with van der Waals surface area (Å²) in [7, 11) is 0. The van der Waals surface area contributed by atoms with Crippen LogP contribution in [0.4, 0.5) is 0 Å². The van der Waals surface area contributed by atoms with Crippen LogP contribution in [0.25, 0.3) is 0 Å². The number of amides is 2. The zero-order chi connectivity index (χ0) is 14.8. The van der Waals surface area contributed by atoms with Crippen LogP contribution >= 0.6 is 0 Å². The van der Waals surface area contributed by atoms with Crippen LogP contribution in [0.5, 0.6) is 0 Å². The molecule has 114 valence electrons. The second kappa shape index (κ2) is 6.12. The molecule has 0 saturated carbocycles. The number of likely N-dealkylation sites (tertiary alicyclic amines) is 1. The summed E-state index contributed by atoms with van der Waals surface area (Å²) < 4.78 is 0. The van der Waals surface area contributed by atoms with Gasteiger partial charge in [0, 0.05) is 32.1 Å². The van der Waals surface area contributed by atoms with E-state index < -0.39 is 5.41 Å². The van der Waals surface area contributed by atoms with Gasteiger partial charge in [0.1, 0.15) is 0 Å². The molecule has 5 heteroatoms. The van der Waals surface area contributed by atoms with Crippen LogP contribution in [0, 0.1) is 11.3 Å². The number of piperidine rings is 2. The zero-order valence-corrected chi connectivity index (χ0v) is 12.7. The maximum atomic E-state index is 12.8. The summed E-state index contributed by atoms with van der Waals surface area (Å²) in [5.74, 6) is 0.777. The minimum absolute atomic E-state index is 0.157. The van der Waals surface area contributed by atoms with Crippen LogP contribution in [0.1, 0.15) is 46.0 Å². The minimum Gasteiger partial charge on any atom is -0.353 e. The topological polar surface area (TPSA) is 75.4 Å². The van der Waals surface area contributed by atoms with Gasteiger partial charge in [-0.2, -0.15) is 0 Å². The van der Waals surface area contributed by atoms with Crippen molar-refractivity contribution in [3.63, 3.8) is 0 Å². The van der Waals surface area contributed by atoms with E-state index in [0.29, 0.717) is 18.9 Å². The molecule has 2 fully saturated rings. The van der Waals surface area contributed by atoms with Crippen LogP contribution in [-0.4, -0.2) is 42.4 Å². The van der Waals surface area contributed by atoms with Gasteiger partial charge in [0.15, 0.2) is 0 Å². The summed E-state index contributed by atoms with van der Waals surface area (Å²) in [5, 5.41) is 3.06. The molecule has 2 unspecified atom stereocenters. The normalized spacial score (nSPS) is 26.9. The van der Waals surface area contributed by atoms with Crippen LogP contribution in [-0.2, 0) is 9.59 Å². The highest BCUT2D eigenvalue weighted by Crippen LogP contribution is 2.32. The summed E-state index contributed by atoms with van der Waals surface area (Å²) in [5.41, 5.74) is 5.48. The van der Waals surface area contributed by atoms with Crippen LogP contribution in [0.3, 0.4) is 0 Å². The molecule has 2 aliphatic rings. The molecule has 5 nitrogen and oxygen atoms in total. The molecule has 20 heavy (non-hydrogen) atoms. The van der Waals surface area contributed by atoms with Crippen LogP contribution in [0.2, 0.25) is 0 Å². The Bertz CT molecular complexity index is 371. The fourth-order valence-corrected chi connectivity index (χ4v) is 3.56. The highest BCUT2D eigenvalue weighted by atomic mass is 16.2. The lowest BCUT2D eigenvalue weighted by molar-refractivity contribution is -0.145. The van der Waals surface area contributed by atoms with Crippen molar-refractivity contribution in [1.82, 2.24) is 10.2 Å². The number of rotatable bonds is 4. The summed E-state index contributed by atoms with van der Waals surface area (Å²) in [6.45, 7) is 6.01. The van der Waals surface area contributed by atoms with E-state index in [2.05, 4.69) is 5.32 Å². The number of nitrogens with two attached hydrogens (primary N) is 1. The molecule has 3 N–H and O–H groups in total. The van der Waals surface area contributed by atoms with E-state index in [9.17, 15) is 9.59 Å². The second-order valence-electron chi connectivity index (χ2n) is 6.20. The smallest absolute Gasteiger partial charge is 0.230 e. The Morgan fingerprint density at radius 3 is 2.70 bits per heavy atom. The maximum absolute atomic E-state index is 12.8. The van der Waals surface area contributed by atoms with E-state index in [0.717, 1.165) is 38.8 Å². The quantitative estimate of drug-likeness (QED) is 0.803. The van der Waals surface area contributed by atoms with Crippen molar-refractivity contribution < 1.29 is 9.59 Å². The summed E-state index contributed by atoms with van der Waals surface area (Å²) in [4.78, 5) is 26.2. The molecule has 2 atom stereocenters. The third-order valence-corrected chi connectivity index (χ3v) is 5.31. The third-order valence-electron chi connectivity index (χ3n) is 5.31. The van der Waals surface area contributed by atoms with E-state index >= 15 is 0 Å². The predicted octanol–water partition coefficient (Wildman–Crippen LogP) is 0.879. The van der Waals surface area contributed by atoms with Gasteiger partial charge in [0.2, 0.25) is 11.8 Å². The van der Waals surface area contributed by atoms with Crippen molar-refractivity contribution in [2.24, 2.45) is 17.1 Å². The molecule has 2 saturated heterocycles.